The molecule has 0 amide bonds. The van der Waals surface area contributed by atoms with Gasteiger partial charge < -0.3 is 9.47 Å². The van der Waals surface area contributed by atoms with Gasteiger partial charge in [-0.15, -0.1) is 0 Å². The molecule has 1 atom stereocenters. The fourth-order valence-electron chi connectivity index (χ4n) is 1.98. The summed E-state index contributed by atoms with van der Waals surface area (Å²) >= 11 is 0. The first-order chi connectivity index (χ1) is 10.1. The van der Waals surface area contributed by atoms with E-state index in [0.29, 0.717) is 27.6 Å². The maximum atomic E-state index is 12.8. The van der Waals surface area contributed by atoms with Crippen LogP contribution in [0.1, 0.15) is 15.9 Å². The molecule has 4 nitrogen and oxygen atoms in total. The van der Waals surface area contributed by atoms with Gasteiger partial charge in [0, 0.05) is 4.90 Å². The molecular formula is C16H16O4S. The van der Waals surface area contributed by atoms with Crippen molar-refractivity contribution in [3.8, 4) is 11.5 Å². The van der Waals surface area contributed by atoms with Crippen LogP contribution in [0.25, 0.3) is 0 Å². The Morgan fingerprint density at radius 2 is 1.52 bits per heavy atom. The smallest absolute Gasteiger partial charge is 0.155 e. The van der Waals surface area contributed by atoms with Crippen LogP contribution in [0, 0.1) is 6.92 Å². The van der Waals surface area contributed by atoms with Crippen molar-refractivity contribution in [1.82, 2.24) is 0 Å². The summed E-state index contributed by atoms with van der Waals surface area (Å²) in [5.41, 5.74) is 1.32. The number of carbonyl (C=O) groups is 1. The van der Waals surface area contributed by atoms with Crippen molar-refractivity contribution in [3.63, 3.8) is 0 Å². The third-order valence-corrected chi connectivity index (χ3v) is 4.59. The van der Waals surface area contributed by atoms with Crippen LogP contribution in [0.2, 0.25) is 0 Å². The van der Waals surface area contributed by atoms with Gasteiger partial charge in [0.2, 0.25) is 0 Å². The fraction of sp³-hybridized carbons (Fsp3) is 0.188. The highest BCUT2D eigenvalue weighted by Crippen LogP contribution is 2.34. The number of rotatable bonds is 5. The highest BCUT2D eigenvalue weighted by Gasteiger charge is 2.21. The summed E-state index contributed by atoms with van der Waals surface area (Å²) in [4.78, 5) is 12.3. The largest absolute Gasteiger partial charge is 0.496 e. The molecule has 0 aliphatic carbocycles. The Kier molecular flexibility index (Phi) is 4.75. The van der Waals surface area contributed by atoms with Crippen LogP contribution in [0.5, 0.6) is 11.5 Å². The second-order valence-electron chi connectivity index (χ2n) is 4.41. The zero-order valence-electron chi connectivity index (χ0n) is 12.1. The van der Waals surface area contributed by atoms with Crippen LogP contribution in [0.4, 0.5) is 0 Å². The van der Waals surface area contributed by atoms with Crippen LogP contribution < -0.4 is 9.47 Å². The number of benzene rings is 2. The molecule has 2 aromatic carbocycles. The van der Waals surface area contributed by atoms with Crippen molar-refractivity contribution in [3.05, 3.63) is 47.5 Å². The zero-order valence-corrected chi connectivity index (χ0v) is 12.9. The minimum atomic E-state index is -1.53. The molecule has 0 saturated carbocycles. The average Bonchev–Trinajstić information content (AvgIpc) is 2.53. The Morgan fingerprint density at radius 3 is 2.05 bits per heavy atom. The van der Waals surface area contributed by atoms with Crippen molar-refractivity contribution in [2.45, 2.75) is 16.7 Å². The minimum Gasteiger partial charge on any atom is -0.496 e. The number of aryl methyl sites for hydroxylation is 1. The molecule has 110 valence electrons. The molecule has 2 aromatic rings. The molecule has 0 radical (unpaired) electrons. The van der Waals surface area contributed by atoms with Gasteiger partial charge in [-0.3, -0.25) is 4.79 Å². The number of hydrogen-bond donors (Lipinski definition) is 0. The lowest BCUT2D eigenvalue weighted by Crippen LogP contribution is -2.04. The number of hydrogen-bond acceptors (Lipinski definition) is 4. The molecule has 0 aromatic heterocycles. The molecule has 21 heavy (non-hydrogen) atoms. The van der Waals surface area contributed by atoms with E-state index in [9.17, 15) is 9.00 Å². The van der Waals surface area contributed by atoms with Crippen molar-refractivity contribution in [1.29, 1.82) is 0 Å². The third kappa shape index (κ3) is 2.97. The van der Waals surface area contributed by atoms with Gasteiger partial charge in [0.25, 0.3) is 0 Å². The van der Waals surface area contributed by atoms with Gasteiger partial charge in [-0.1, -0.05) is 17.7 Å². The van der Waals surface area contributed by atoms with Gasteiger partial charge in [0.05, 0.1) is 35.5 Å². The van der Waals surface area contributed by atoms with E-state index in [4.69, 9.17) is 9.47 Å². The van der Waals surface area contributed by atoms with Crippen molar-refractivity contribution in [2.24, 2.45) is 0 Å². The number of methoxy groups -OCH3 is 2. The Bertz CT molecular complexity index is 677. The van der Waals surface area contributed by atoms with E-state index >= 15 is 0 Å². The van der Waals surface area contributed by atoms with Crippen LogP contribution in [0.15, 0.2) is 46.2 Å². The molecular weight excluding hydrogens is 288 g/mol. The lowest BCUT2D eigenvalue weighted by Gasteiger charge is -2.13. The van der Waals surface area contributed by atoms with E-state index in [0.717, 1.165) is 5.56 Å². The lowest BCUT2D eigenvalue weighted by atomic mass is 10.2. The van der Waals surface area contributed by atoms with Gasteiger partial charge in [-0.05, 0) is 31.2 Å². The topological polar surface area (TPSA) is 52.6 Å². The van der Waals surface area contributed by atoms with Gasteiger partial charge in [0.15, 0.2) is 6.29 Å². The van der Waals surface area contributed by atoms with Crippen molar-refractivity contribution < 1.29 is 18.5 Å². The summed E-state index contributed by atoms with van der Waals surface area (Å²) in [5.74, 6) is 0.776. The molecule has 0 heterocycles. The summed E-state index contributed by atoms with van der Waals surface area (Å²) in [6, 6.07) is 10.6. The summed E-state index contributed by atoms with van der Waals surface area (Å²) in [7, 11) is 1.42. The maximum absolute atomic E-state index is 12.8. The number of carbonyl (C=O) groups excluding carboxylic acids is 1. The number of aldehydes is 1. The van der Waals surface area contributed by atoms with Gasteiger partial charge in [-0.2, -0.15) is 0 Å². The summed E-state index contributed by atoms with van der Waals surface area (Å²) in [6.45, 7) is 1.95. The molecule has 0 N–H and O–H groups in total. The van der Waals surface area contributed by atoms with Crippen molar-refractivity contribution >= 4 is 17.1 Å². The first-order valence-corrected chi connectivity index (χ1v) is 7.46. The number of ether oxygens (including phenoxy) is 2. The summed E-state index contributed by atoms with van der Waals surface area (Å²) in [6.07, 6.45) is 0.642. The highest BCUT2D eigenvalue weighted by molar-refractivity contribution is 7.85. The van der Waals surface area contributed by atoms with Crippen LogP contribution >= 0.6 is 0 Å². The van der Waals surface area contributed by atoms with Crippen LogP contribution in [-0.2, 0) is 10.8 Å². The second-order valence-corrected chi connectivity index (χ2v) is 5.83. The van der Waals surface area contributed by atoms with Gasteiger partial charge >= 0.3 is 0 Å². The van der Waals surface area contributed by atoms with E-state index in [1.54, 1.807) is 24.3 Å². The van der Waals surface area contributed by atoms with E-state index in [1.165, 1.54) is 14.2 Å². The van der Waals surface area contributed by atoms with Crippen molar-refractivity contribution in [2.75, 3.05) is 14.2 Å². The molecule has 0 fully saturated rings. The van der Waals surface area contributed by atoms with Gasteiger partial charge in [0.1, 0.15) is 11.5 Å². The molecule has 1 unspecified atom stereocenters. The monoisotopic (exact) mass is 304 g/mol. The molecule has 0 aliphatic heterocycles. The van der Waals surface area contributed by atoms with E-state index < -0.39 is 10.8 Å². The standard InChI is InChI=1S/C16H16O4S/c1-11-4-6-12(7-5-11)21(18)16-13(10-17)14(19-2)8-9-15(16)20-3/h4-10H,1-3H3. The minimum absolute atomic E-state index is 0.246. The molecule has 0 spiro atoms. The Balaban J connectivity index is 2.62. The fourth-order valence-corrected chi connectivity index (χ4v) is 3.28. The SMILES string of the molecule is COc1ccc(OC)c(S(=O)c2ccc(C)cc2)c1C=O. The normalized spacial score (nSPS) is 11.8. The third-order valence-electron chi connectivity index (χ3n) is 3.10. The Hall–Kier alpha value is -2.14. The van der Waals surface area contributed by atoms with Crippen LogP contribution in [0.3, 0.4) is 0 Å². The van der Waals surface area contributed by atoms with E-state index in [2.05, 4.69) is 0 Å². The summed E-state index contributed by atoms with van der Waals surface area (Å²) < 4.78 is 23.2. The zero-order chi connectivity index (χ0) is 15.4. The first kappa shape index (κ1) is 15.3. The molecule has 5 heteroatoms. The lowest BCUT2D eigenvalue weighted by molar-refractivity contribution is 0.111. The van der Waals surface area contributed by atoms with E-state index in [1.807, 2.05) is 19.1 Å². The van der Waals surface area contributed by atoms with E-state index in [-0.39, 0.29) is 5.56 Å². The Labute approximate surface area is 126 Å². The quantitative estimate of drug-likeness (QED) is 0.797. The maximum Gasteiger partial charge on any atom is 0.155 e. The average molecular weight is 304 g/mol. The Morgan fingerprint density at radius 1 is 0.952 bits per heavy atom. The van der Waals surface area contributed by atoms with Crippen LogP contribution in [-0.4, -0.2) is 24.7 Å². The molecule has 2 rings (SSSR count). The predicted octanol–water partition coefficient (Wildman–Crippen LogP) is 2.99. The molecule has 0 bridgehead atoms. The predicted molar refractivity (Wildman–Crippen MR) is 80.8 cm³/mol. The first-order valence-electron chi connectivity index (χ1n) is 6.31. The molecule has 0 saturated heterocycles. The molecule has 0 aliphatic rings. The highest BCUT2D eigenvalue weighted by atomic mass is 32.2. The van der Waals surface area contributed by atoms with Gasteiger partial charge in [-0.25, -0.2) is 4.21 Å². The summed E-state index contributed by atoms with van der Waals surface area (Å²) in [5, 5.41) is 0. The second kappa shape index (κ2) is 6.54.